The van der Waals surface area contributed by atoms with Crippen molar-refractivity contribution >= 4 is 35.6 Å². The van der Waals surface area contributed by atoms with E-state index in [-0.39, 0.29) is 42.1 Å². The standard InChI is InChI=1S/C34H31N3O4S2.Na.H/c1-22(2)19-31-35-34(42-20-23-11-15-25(16-12-23)27-7-3-5-9-29(27)32(38)39)36-37(31)43-21-24-13-17-26(18-14-24)28-8-4-6-10-30(28)33(40)41;;/h3-18,22H,19-21H2,1-2H3,(H,38,39)(H,40,41);;/q;+1;-1. The van der Waals surface area contributed by atoms with Gasteiger partial charge >= 0.3 is 41.5 Å². The molecule has 5 aromatic rings. The number of thioether (sulfide) groups is 1. The summed E-state index contributed by atoms with van der Waals surface area (Å²) in [4.78, 5) is 28.1. The van der Waals surface area contributed by atoms with Gasteiger partial charge in [-0.3, -0.25) is 0 Å². The van der Waals surface area contributed by atoms with Crippen molar-refractivity contribution in [3.63, 3.8) is 0 Å². The van der Waals surface area contributed by atoms with E-state index in [1.165, 1.54) is 0 Å². The summed E-state index contributed by atoms with van der Waals surface area (Å²) in [7, 11) is 0. The maximum absolute atomic E-state index is 11.6. The van der Waals surface area contributed by atoms with Crippen LogP contribution in [0.4, 0.5) is 0 Å². The zero-order chi connectivity index (χ0) is 30.3. The zero-order valence-electron chi connectivity index (χ0n) is 25.8. The molecule has 0 radical (unpaired) electrons. The van der Waals surface area contributed by atoms with Crippen LogP contribution in [0.1, 0.15) is 52.9 Å². The fourth-order valence-corrected chi connectivity index (χ4v) is 6.36. The SMILES string of the molecule is CC(C)Cc1nc(SCc2ccc(-c3ccccc3C(=O)O)cc2)nn1SCc1ccc(-c2ccccc2C(=O)O)cc1.[H-].[Na+]. The first-order chi connectivity index (χ1) is 20.8. The van der Waals surface area contributed by atoms with Crippen LogP contribution < -0.4 is 29.6 Å². The first-order valence-corrected chi connectivity index (χ1v) is 15.8. The molecule has 10 heteroatoms. The smallest absolute Gasteiger partial charge is 1.00 e. The minimum atomic E-state index is -0.939. The summed E-state index contributed by atoms with van der Waals surface area (Å²) in [5.41, 5.74) is 5.90. The average Bonchev–Trinajstić information content (AvgIpc) is 3.40. The summed E-state index contributed by atoms with van der Waals surface area (Å²) in [5, 5.41) is 24.5. The van der Waals surface area contributed by atoms with Gasteiger partial charge in [-0.05, 0) is 63.4 Å². The number of hydrogen-bond donors (Lipinski definition) is 2. The molecule has 0 spiro atoms. The van der Waals surface area contributed by atoms with Crippen LogP contribution in [0.5, 0.6) is 0 Å². The number of aromatic nitrogens is 3. The Labute approximate surface area is 289 Å². The summed E-state index contributed by atoms with van der Waals surface area (Å²) in [5.74, 6) is 0.859. The Balaban J connectivity index is 0.00000276. The molecule has 0 atom stereocenters. The van der Waals surface area contributed by atoms with Gasteiger partial charge in [0.2, 0.25) is 5.16 Å². The molecular weight excluding hydrogens is 602 g/mol. The molecule has 7 nitrogen and oxygen atoms in total. The predicted octanol–water partition coefficient (Wildman–Crippen LogP) is 5.31. The summed E-state index contributed by atoms with van der Waals surface area (Å²) in [6.07, 6.45) is 0.809. The van der Waals surface area contributed by atoms with Crippen LogP contribution in [-0.4, -0.2) is 36.3 Å². The summed E-state index contributed by atoms with van der Waals surface area (Å²) >= 11 is 3.16. The van der Waals surface area contributed by atoms with E-state index in [4.69, 9.17) is 10.1 Å². The normalized spacial score (nSPS) is 10.9. The number of aromatic carboxylic acids is 2. The second-order valence-corrected chi connectivity index (χ2v) is 12.3. The fourth-order valence-electron chi connectivity index (χ4n) is 4.65. The monoisotopic (exact) mass is 633 g/mol. The number of hydrogen-bond acceptors (Lipinski definition) is 6. The van der Waals surface area contributed by atoms with E-state index in [1.807, 2.05) is 76.9 Å². The van der Waals surface area contributed by atoms with Gasteiger partial charge in [0.1, 0.15) is 5.82 Å². The van der Waals surface area contributed by atoms with Crippen molar-refractivity contribution in [3.8, 4) is 22.3 Å². The van der Waals surface area contributed by atoms with Crippen molar-refractivity contribution in [2.75, 3.05) is 0 Å². The molecular formula is C34H32N3NaO4S2. The van der Waals surface area contributed by atoms with Gasteiger partial charge in [-0.1, -0.05) is 111 Å². The molecule has 0 aliphatic carbocycles. The minimum Gasteiger partial charge on any atom is -1.00 e. The number of carboxylic acid groups (broad SMARTS) is 2. The number of nitrogens with zero attached hydrogens (tertiary/aromatic N) is 3. The van der Waals surface area contributed by atoms with Gasteiger partial charge in [-0.25, -0.2) is 14.6 Å². The van der Waals surface area contributed by atoms with Gasteiger partial charge < -0.3 is 11.6 Å². The molecule has 0 unspecified atom stereocenters. The number of benzene rings is 4. The molecule has 0 saturated heterocycles. The van der Waals surface area contributed by atoms with Crippen LogP contribution in [0.25, 0.3) is 22.3 Å². The average molecular weight is 634 g/mol. The van der Waals surface area contributed by atoms with E-state index in [0.29, 0.717) is 33.7 Å². The molecule has 0 bridgehead atoms. The maximum Gasteiger partial charge on any atom is 1.00 e. The summed E-state index contributed by atoms with van der Waals surface area (Å²) in [6, 6.07) is 29.9. The Hall–Kier alpha value is -3.34. The van der Waals surface area contributed by atoms with Crippen molar-refractivity contribution in [1.82, 2.24) is 14.2 Å². The largest absolute Gasteiger partial charge is 1.00 e. The first kappa shape index (κ1) is 33.6. The van der Waals surface area contributed by atoms with E-state index in [0.717, 1.165) is 34.5 Å². The van der Waals surface area contributed by atoms with Gasteiger partial charge in [-0.15, -0.1) is 5.10 Å². The molecule has 0 fully saturated rings. The van der Waals surface area contributed by atoms with Gasteiger partial charge in [0, 0.05) is 17.9 Å². The Bertz CT molecular complexity index is 1750. The van der Waals surface area contributed by atoms with Gasteiger partial charge in [0.25, 0.3) is 0 Å². The predicted molar refractivity (Wildman–Crippen MR) is 174 cm³/mol. The van der Waals surface area contributed by atoms with E-state index in [2.05, 4.69) is 13.8 Å². The minimum absolute atomic E-state index is 0. The molecule has 5 rings (SSSR count). The van der Waals surface area contributed by atoms with Crippen molar-refractivity contribution in [1.29, 1.82) is 0 Å². The maximum atomic E-state index is 11.6. The fraction of sp³-hybridized carbons (Fsp3) is 0.176. The van der Waals surface area contributed by atoms with Gasteiger partial charge in [0.15, 0.2) is 0 Å². The van der Waals surface area contributed by atoms with E-state index in [1.54, 1.807) is 48.0 Å². The van der Waals surface area contributed by atoms with Crippen molar-refractivity contribution in [2.45, 2.75) is 36.9 Å². The Morgan fingerprint density at radius 2 is 1.23 bits per heavy atom. The van der Waals surface area contributed by atoms with Crippen LogP contribution in [0, 0.1) is 5.92 Å². The number of rotatable bonds is 12. The molecule has 0 amide bonds. The summed E-state index contributed by atoms with van der Waals surface area (Å²) in [6.45, 7) is 4.32. The van der Waals surface area contributed by atoms with Crippen molar-refractivity contribution in [3.05, 3.63) is 125 Å². The molecule has 44 heavy (non-hydrogen) atoms. The zero-order valence-corrected chi connectivity index (χ0v) is 28.4. The number of carboxylic acids is 2. The Morgan fingerprint density at radius 1 is 0.750 bits per heavy atom. The molecule has 2 N–H and O–H groups in total. The van der Waals surface area contributed by atoms with Crippen LogP contribution >= 0.6 is 23.7 Å². The molecule has 0 saturated carbocycles. The second-order valence-electron chi connectivity index (χ2n) is 10.4. The molecule has 1 heterocycles. The Kier molecular flexibility index (Phi) is 11.9. The van der Waals surface area contributed by atoms with E-state index >= 15 is 0 Å². The van der Waals surface area contributed by atoms with Crippen LogP contribution in [-0.2, 0) is 17.9 Å². The number of carbonyl (C=O) groups is 2. The molecule has 0 aliphatic heterocycles. The van der Waals surface area contributed by atoms with E-state index < -0.39 is 11.9 Å². The van der Waals surface area contributed by atoms with Crippen LogP contribution in [0.2, 0.25) is 0 Å². The third-order valence-corrected chi connectivity index (χ3v) is 8.69. The molecule has 4 aromatic carbocycles. The molecule has 220 valence electrons. The van der Waals surface area contributed by atoms with Crippen molar-refractivity contribution in [2.24, 2.45) is 5.92 Å². The topological polar surface area (TPSA) is 105 Å². The van der Waals surface area contributed by atoms with E-state index in [9.17, 15) is 19.8 Å². The third-order valence-electron chi connectivity index (χ3n) is 6.78. The van der Waals surface area contributed by atoms with Gasteiger partial charge in [0.05, 0.1) is 11.1 Å². The van der Waals surface area contributed by atoms with Crippen LogP contribution in [0.3, 0.4) is 0 Å². The van der Waals surface area contributed by atoms with Crippen molar-refractivity contribution < 1.29 is 50.8 Å². The van der Waals surface area contributed by atoms with Gasteiger partial charge in [-0.2, -0.15) is 4.09 Å². The molecule has 1 aromatic heterocycles. The summed E-state index contributed by atoms with van der Waals surface area (Å²) < 4.78 is 1.92. The quantitative estimate of drug-likeness (QED) is 0.141. The first-order valence-electron chi connectivity index (χ1n) is 13.8. The third kappa shape index (κ3) is 8.43. The second kappa shape index (κ2) is 15.6. The molecule has 0 aliphatic rings. The van der Waals surface area contributed by atoms with Crippen LogP contribution in [0.15, 0.2) is 102 Å². The Morgan fingerprint density at radius 3 is 1.70 bits per heavy atom.